The van der Waals surface area contributed by atoms with E-state index in [1.165, 1.54) is 25.0 Å². The Bertz CT molecular complexity index is 1020. The average Bonchev–Trinajstić information content (AvgIpc) is 3.42. The van der Waals surface area contributed by atoms with Crippen molar-refractivity contribution in [2.24, 2.45) is 0 Å². The van der Waals surface area contributed by atoms with Gasteiger partial charge in [-0.1, -0.05) is 31.0 Å². The van der Waals surface area contributed by atoms with Crippen LogP contribution in [-0.2, 0) is 11.2 Å². The number of aryl methyl sites for hydroxylation is 1. The summed E-state index contributed by atoms with van der Waals surface area (Å²) in [7, 11) is 1.62. The summed E-state index contributed by atoms with van der Waals surface area (Å²) >= 11 is 0. The molecule has 0 atom stereocenters. The summed E-state index contributed by atoms with van der Waals surface area (Å²) in [5.41, 5.74) is 3.25. The van der Waals surface area contributed by atoms with Crippen molar-refractivity contribution in [3.05, 3.63) is 66.1 Å². The number of rotatable bonds is 7. The molecule has 1 fully saturated rings. The molecule has 30 heavy (non-hydrogen) atoms. The number of methoxy groups -OCH3 is 1. The predicted octanol–water partition coefficient (Wildman–Crippen LogP) is 4.68. The summed E-state index contributed by atoms with van der Waals surface area (Å²) in [6.45, 7) is 0. The first-order valence-corrected chi connectivity index (χ1v) is 10.4. The number of carbonyl (C=O) groups is 1. The Morgan fingerprint density at radius 3 is 2.77 bits per heavy atom. The van der Waals surface area contributed by atoms with Crippen LogP contribution in [0.5, 0.6) is 5.75 Å². The van der Waals surface area contributed by atoms with E-state index in [1.807, 2.05) is 36.5 Å². The molecule has 1 N–H and O–H groups in total. The maximum atomic E-state index is 13.7. The standard InChI is InChI=1S/C24H26FN3O2/c1-30-22-11-4-6-17(14-22)24-18(12-13-23(29)26-20-8-2-3-9-20)16-28(27-24)21-10-5-7-19(25)15-21/h4-7,10-11,14-16,20H,2-3,8-9,12-13H2,1H3,(H,26,29). The second-order valence-corrected chi connectivity index (χ2v) is 7.71. The molecule has 4 rings (SSSR count). The number of carbonyl (C=O) groups excluding carboxylic acids is 1. The number of halogens is 1. The summed E-state index contributed by atoms with van der Waals surface area (Å²) in [5, 5.41) is 7.85. The van der Waals surface area contributed by atoms with Crippen LogP contribution in [0.3, 0.4) is 0 Å². The minimum Gasteiger partial charge on any atom is -0.497 e. The fourth-order valence-electron chi connectivity index (χ4n) is 3.98. The van der Waals surface area contributed by atoms with Crippen molar-refractivity contribution < 1.29 is 13.9 Å². The zero-order valence-electron chi connectivity index (χ0n) is 17.1. The first kappa shape index (κ1) is 20.1. The normalized spacial score (nSPS) is 14.1. The van der Waals surface area contributed by atoms with Crippen molar-refractivity contribution in [3.8, 4) is 22.7 Å². The van der Waals surface area contributed by atoms with Crippen molar-refractivity contribution >= 4 is 5.91 Å². The third kappa shape index (κ3) is 4.70. The number of nitrogens with zero attached hydrogens (tertiary/aromatic N) is 2. The molecule has 1 aliphatic carbocycles. The van der Waals surface area contributed by atoms with Gasteiger partial charge in [-0.3, -0.25) is 4.79 Å². The van der Waals surface area contributed by atoms with Gasteiger partial charge < -0.3 is 10.1 Å². The number of aromatic nitrogens is 2. The molecule has 6 heteroatoms. The van der Waals surface area contributed by atoms with Gasteiger partial charge in [0.25, 0.3) is 0 Å². The van der Waals surface area contributed by atoms with Crippen molar-refractivity contribution in [3.63, 3.8) is 0 Å². The molecular weight excluding hydrogens is 381 g/mol. The fourth-order valence-corrected chi connectivity index (χ4v) is 3.98. The topological polar surface area (TPSA) is 56.2 Å². The quantitative estimate of drug-likeness (QED) is 0.619. The van der Waals surface area contributed by atoms with Crippen LogP contribution in [-0.4, -0.2) is 28.8 Å². The van der Waals surface area contributed by atoms with E-state index >= 15 is 0 Å². The SMILES string of the molecule is COc1cccc(-c2nn(-c3cccc(F)c3)cc2CCC(=O)NC2CCCC2)c1. The number of hydrogen-bond acceptors (Lipinski definition) is 3. The highest BCUT2D eigenvalue weighted by atomic mass is 19.1. The molecule has 156 valence electrons. The third-order valence-electron chi connectivity index (χ3n) is 5.55. The van der Waals surface area contributed by atoms with E-state index in [9.17, 15) is 9.18 Å². The largest absolute Gasteiger partial charge is 0.497 e. The average molecular weight is 407 g/mol. The summed E-state index contributed by atoms with van der Waals surface area (Å²) in [5.74, 6) is 0.484. The monoisotopic (exact) mass is 407 g/mol. The smallest absolute Gasteiger partial charge is 0.220 e. The lowest BCUT2D eigenvalue weighted by Crippen LogP contribution is -2.32. The van der Waals surface area contributed by atoms with Gasteiger partial charge in [-0.2, -0.15) is 5.10 Å². The highest BCUT2D eigenvalue weighted by Crippen LogP contribution is 2.28. The lowest BCUT2D eigenvalue weighted by Gasteiger charge is -2.11. The first-order chi connectivity index (χ1) is 14.6. The lowest BCUT2D eigenvalue weighted by molar-refractivity contribution is -0.121. The molecule has 1 aromatic heterocycles. The molecule has 2 aromatic carbocycles. The molecule has 5 nitrogen and oxygen atoms in total. The minimum absolute atomic E-state index is 0.0667. The Kier molecular flexibility index (Phi) is 6.12. The van der Waals surface area contributed by atoms with Crippen LogP contribution in [0.25, 0.3) is 16.9 Å². The van der Waals surface area contributed by atoms with Gasteiger partial charge in [-0.25, -0.2) is 9.07 Å². The molecule has 0 bridgehead atoms. The lowest BCUT2D eigenvalue weighted by atomic mass is 10.0. The Balaban J connectivity index is 1.60. The molecule has 1 heterocycles. The van der Waals surface area contributed by atoms with Gasteiger partial charge in [0.1, 0.15) is 11.6 Å². The van der Waals surface area contributed by atoms with Gasteiger partial charge in [0.2, 0.25) is 5.91 Å². The Labute approximate surface area is 175 Å². The van der Waals surface area contributed by atoms with E-state index < -0.39 is 0 Å². The van der Waals surface area contributed by atoms with Crippen LogP contribution >= 0.6 is 0 Å². The van der Waals surface area contributed by atoms with Gasteiger partial charge in [0.05, 0.1) is 18.5 Å². The summed E-state index contributed by atoms with van der Waals surface area (Å²) in [6.07, 6.45) is 7.34. The zero-order chi connectivity index (χ0) is 20.9. The van der Waals surface area contributed by atoms with Crippen molar-refractivity contribution in [1.82, 2.24) is 15.1 Å². The zero-order valence-corrected chi connectivity index (χ0v) is 17.1. The molecule has 0 unspecified atom stereocenters. The van der Waals surface area contributed by atoms with Gasteiger partial charge in [0, 0.05) is 24.2 Å². The van der Waals surface area contributed by atoms with Crippen molar-refractivity contribution in [2.45, 2.75) is 44.6 Å². The second kappa shape index (κ2) is 9.11. The molecular formula is C24H26FN3O2. The molecule has 0 saturated heterocycles. The molecule has 1 saturated carbocycles. The van der Waals surface area contributed by atoms with Gasteiger partial charge in [-0.05, 0) is 55.2 Å². The Morgan fingerprint density at radius 1 is 1.20 bits per heavy atom. The third-order valence-corrected chi connectivity index (χ3v) is 5.55. The number of ether oxygens (including phenoxy) is 1. The van der Waals surface area contributed by atoms with Gasteiger partial charge >= 0.3 is 0 Å². The van der Waals surface area contributed by atoms with Crippen LogP contribution in [0.4, 0.5) is 4.39 Å². The van der Waals surface area contributed by atoms with Crippen LogP contribution in [0.15, 0.2) is 54.7 Å². The maximum absolute atomic E-state index is 13.7. The molecule has 1 amide bonds. The van der Waals surface area contributed by atoms with Crippen LogP contribution in [0.1, 0.15) is 37.7 Å². The Hall–Kier alpha value is -3.15. The van der Waals surface area contributed by atoms with Crippen LogP contribution < -0.4 is 10.1 Å². The van der Waals surface area contributed by atoms with E-state index in [1.54, 1.807) is 17.9 Å². The van der Waals surface area contributed by atoms with Gasteiger partial charge in [0.15, 0.2) is 0 Å². The first-order valence-electron chi connectivity index (χ1n) is 10.4. The number of nitrogens with one attached hydrogen (secondary N) is 1. The van der Waals surface area contributed by atoms with Crippen molar-refractivity contribution in [1.29, 1.82) is 0 Å². The van der Waals surface area contributed by atoms with Crippen LogP contribution in [0.2, 0.25) is 0 Å². The van der Waals surface area contributed by atoms with Gasteiger partial charge in [-0.15, -0.1) is 0 Å². The van der Waals surface area contributed by atoms with E-state index in [0.717, 1.165) is 35.4 Å². The van der Waals surface area contributed by atoms with E-state index in [2.05, 4.69) is 5.32 Å². The molecule has 1 aliphatic rings. The highest BCUT2D eigenvalue weighted by molar-refractivity contribution is 5.77. The minimum atomic E-state index is -0.316. The Morgan fingerprint density at radius 2 is 2.00 bits per heavy atom. The highest BCUT2D eigenvalue weighted by Gasteiger charge is 2.19. The summed E-state index contributed by atoms with van der Waals surface area (Å²) in [4.78, 5) is 12.4. The second-order valence-electron chi connectivity index (χ2n) is 7.71. The van der Waals surface area contributed by atoms with Crippen LogP contribution in [0, 0.1) is 5.82 Å². The molecule has 0 radical (unpaired) electrons. The summed E-state index contributed by atoms with van der Waals surface area (Å²) < 4.78 is 20.7. The summed E-state index contributed by atoms with van der Waals surface area (Å²) in [6, 6.07) is 14.3. The molecule has 0 spiro atoms. The van der Waals surface area contributed by atoms with E-state index in [4.69, 9.17) is 9.84 Å². The van der Waals surface area contributed by atoms with E-state index in [0.29, 0.717) is 24.6 Å². The number of hydrogen-bond donors (Lipinski definition) is 1. The predicted molar refractivity (Wildman–Crippen MR) is 114 cm³/mol. The molecule has 3 aromatic rings. The number of benzene rings is 2. The van der Waals surface area contributed by atoms with Crippen molar-refractivity contribution in [2.75, 3.05) is 7.11 Å². The molecule has 0 aliphatic heterocycles. The fraction of sp³-hybridized carbons (Fsp3) is 0.333. The number of amides is 1. The van der Waals surface area contributed by atoms with E-state index in [-0.39, 0.29) is 11.7 Å². The maximum Gasteiger partial charge on any atom is 0.220 e.